The van der Waals surface area contributed by atoms with Crippen LogP contribution in [0.25, 0.3) is 0 Å². The molecule has 1 saturated heterocycles. The van der Waals surface area contributed by atoms with E-state index >= 15 is 0 Å². The lowest BCUT2D eigenvalue weighted by Crippen LogP contribution is -2.47. The number of hydrogen-bond donors (Lipinski definition) is 0. The van der Waals surface area contributed by atoms with Gasteiger partial charge in [0.2, 0.25) is 0 Å². The molecule has 0 aromatic rings. The maximum atomic E-state index is 12.6. The number of halogens is 1. The second-order valence-corrected chi connectivity index (χ2v) is 4.47. The number of carbonyl (C=O) groups excluding carboxylic acids is 1. The molecule has 0 radical (unpaired) electrons. The lowest BCUT2D eigenvalue weighted by Gasteiger charge is -2.35. The van der Waals surface area contributed by atoms with Crippen LogP contribution in [0.2, 0.25) is 0 Å². The Morgan fingerprint density at radius 1 is 1.43 bits per heavy atom. The Bertz CT molecular complexity index is 266. The minimum absolute atomic E-state index is 0.190. The van der Waals surface area contributed by atoms with Crippen molar-refractivity contribution in [2.24, 2.45) is 0 Å². The minimum Gasteiger partial charge on any atom is -0.444 e. The molecule has 0 unspecified atom stereocenters. The van der Waals surface area contributed by atoms with Gasteiger partial charge in [-0.3, -0.25) is 4.90 Å². The van der Waals surface area contributed by atoms with Crippen molar-refractivity contribution >= 4 is 6.09 Å². The van der Waals surface area contributed by atoms with E-state index in [0.29, 0.717) is 18.7 Å². The van der Waals surface area contributed by atoms with E-state index in [1.807, 2.05) is 20.8 Å². The molecule has 0 N–H and O–H groups in total. The lowest BCUT2D eigenvalue weighted by atomic mass is 10.1. The molecule has 0 aliphatic carbocycles. The highest BCUT2D eigenvalue weighted by atomic mass is 19.1. The first-order chi connectivity index (χ1) is 6.29. The summed E-state index contributed by atoms with van der Waals surface area (Å²) in [6.07, 6.45) is -0.373. The zero-order valence-corrected chi connectivity index (χ0v) is 9.06. The molecule has 0 aromatic heterocycles. The summed E-state index contributed by atoms with van der Waals surface area (Å²) in [7, 11) is 0. The number of rotatable bonds is 0. The van der Waals surface area contributed by atoms with E-state index in [2.05, 4.69) is 0 Å². The number of allylic oxidation sites excluding steroid dienone is 1. The highest BCUT2D eigenvalue weighted by Gasteiger charge is 2.30. The van der Waals surface area contributed by atoms with Crippen LogP contribution in [0.1, 0.15) is 27.7 Å². The summed E-state index contributed by atoms with van der Waals surface area (Å²) in [4.78, 5) is 12.8. The highest BCUT2D eigenvalue weighted by molar-refractivity contribution is 5.70. The fraction of sp³-hybridized carbons (Fsp3) is 0.700. The summed E-state index contributed by atoms with van der Waals surface area (Å²) in [6.45, 7) is 7.54. The van der Waals surface area contributed by atoms with Gasteiger partial charge < -0.3 is 4.74 Å². The molecule has 4 heteroatoms. The van der Waals surface area contributed by atoms with E-state index in [4.69, 9.17) is 4.74 Å². The zero-order chi connectivity index (χ0) is 10.9. The van der Waals surface area contributed by atoms with Crippen LogP contribution in [-0.2, 0) is 4.74 Å². The van der Waals surface area contributed by atoms with Crippen molar-refractivity contribution in [2.45, 2.75) is 33.3 Å². The van der Waals surface area contributed by atoms with Gasteiger partial charge in [-0.05, 0) is 33.3 Å². The molecule has 0 bridgehead atoms. The van der Waals surface area contributed by atoms with Crippen molar-refractivity contribution in [3.05, 3.63) is 11.4 Å². The number of likely N-dealkylation sites (tertiary alicyclic amines) is 1. The van der Waals surface area contributed by atoms with Crippen molar-refractivity contribution in [3.8, 4) is 0 Å². The van der Waals surface area contributed by atoms with E-state index in [9.17, 15) is 9.18 Å². The summed E-state index contributed by atoms with van der Waals surface area (Å²) < 4.78 is 17.7. The fourth-order valence-corrected chi connectivity index (χ4v) is 1.09. The third-order valence-electron chi connectivity index (χ3n) is 1.90. The maximum Gasteiger partial charge on any atom is 0.410 e. The Balaban J connectivity index is 2.41. The van der Waals surface area contributed by atoms with Gasteiger partial charge >= 0.3 is 6.09 Å². The van der Waals surface area contributed by atoms with Crippen molar-refractivity contribution < 1.29 is 13.9 Å². The minimum atomic E-state index is -0.485. The smallest absolute Gasteiger partial charge is 0.410 e. The summed E-state index contributed by atoms with van der Waals surface area (Å²) >= 11 is 0. The van der Waals surface area contributed by atoms with Gasteiger partial charge in [0.05, 0.1) is 5.83 Å². The second-order valence-electron chi connectivity index (χ2n) is 4.47. The van der Waals surface area contributed by atoms with Crippen molar-refractivity contribution in [3.63, 3.8) is 0 Å². The molecule has 0 spiro atoms. The first-order valence-electron chi connectivity index (χ1n) is 4.61. The molecule has 0 atom stereocenters. The zero-order valence-electron chi connectivity index (χ0n) is 9.06. The van der Waals surface area contributed by atoms with E-state index in [0.717, 1.165) is 0 Å². The molecule has 80 valence electrons. The van der Waals surface area contributed by atoms with Crippen molar-refractivity contribution in [1.29, 1.82) is 0 Å². The van der Waals surface area contributed by atoms with Gasteiger partial charge in [-0.25, -0.2) is 9.18 Å². The molecule has 0 saturated carbocycles. The van der Waals surface area contributed by atoms with Crippen LogP contribution in [0.15, 0.2) is 11.4 Å². The van der Waals surface area contributed by atoms with Crippen LogP contribution < -0.4 is 0 Å². The van der Waals surface area contributed by atoms with Crippen molar-refractivity contribution in [2.75, 3.05) is 13.1 Å². The number of amides is 1. The van der Waals surface area contributed by atoms with Crippen LogP contribution in [-0.4, -0.2) is 29.7 Å². The van der Waals surface area contributed by atoms with Crippen LogP contribution in [0.5, 0.6) is 0 Å². The summed E-state index contributed by atoms with van der Waals surface area (Å²) in [6, 6.07) is 0. The molecule has 1 aliphatic rings. The van der Waals surface area contributed by atoms with Gasteiger partial charge in [-0.2, -0.15) is 0 Å². The van der Waals surface area contributed by atoms with Crippen molar-refractivity contribution in [1.82, 2.24) is 4.90 Å². The van der Waals surface area contributed by atoms with E-state index in [1.165, 1.54) is 11.8 Å². The summed E-state index contributed by atoms with van der Waals surface area (Å²) in [5.74, 6) is -0.190. The first kappa shape index (κ1) is 11.0. The standard InChI is InChI=1S/C10H16FNO2/c1-7(11)8-5-12(6-8)9(13)14-10(2,3)4/h5-6H2,1-4H3. The molecular weight excluding hydrogens is 185 g/mol. The van der Waals surface area contributed by atoms with Gasteiger partial charge in [0, 0.05) is 13.1 Å². The van der Waals surface area contributed by atoms with Gasteiger partial charge in [0.1, 0.15) is 5.60 Å². The molecule has 1 amide bonds. The average molecular weight is 201 g/mol. The summed E-state index contributed by atoms with van der Waals surface area (Å²) in [5, 5.41) is 0. The number of carbonyl (C=O) groups is 1. The summed E-state index contributed by atoms with van der Waals surface area (Å²) in [5.41, 5.74) is 0.192. The van der Waals surface area contributed by atoms with Crippen LogP contribution in [0, 0.1) is 0 Å². The Kier molecular flexibility index (Phi) is 2.83. The Hall–Kier alpha value is -1.06. The molecule has 1 rings (SSSR count). The van der Waals surface area contributed by atoms with Crippen LogP contribution in [0.4, 0.5) is 9.18 Å². The van der Waals surface area contributed by atoms with Gasteiger partial charge in [0.25, 0.3) is 0 Å². The third-order valence-corrected chi connectivity index (χ3v) is 1.90. The monoisotopic (exact) mass is 201 g/mol. The molecule has 0 aromatic carbocycles. The molecule has 1 fully saturated rings. The van der Waals surface area contributed by atoms with Crippen LogP contribution in [0.3, 0.4) is 0 Å². The molecule has 1 aliphatic heterocycles. The van der Waals surface area contributed by atoms with E-state index in [1.54, 1.807) is 0 Å². The van der Waals surface area contributed by atoms with Gasteiger partial charge in [-0.1, -0.05) is 0 Å². The predicted octanol–water partition coefficient (Wildman–Crippen LogP) is 2.48. The largest absolute Gasteiger partial charge is 0.444 e. The molecular formula is C10H16FNO2. The molecule has 1 heterocycles. The van der Waals surface area contributed by atoms with E-state index < -0.39 is 5.60 Å². The Morgan fingerprint density at radius 3 is 2.29 bits per heavy atom. The first-order valence-corrected chi connectivity index (χ1v) is 4.61. The topological polar surface area (TPSA) is 29.5 Å². The van der Waals surface area contributed by atoms with Gasteiger partial charge in [0.15, 0.2) is 0 Å². The second kappa shape index (κ2) is 3.59. The van der Waals surface area contributed by atoms with Gasteiger partial charge in [-0.15, -0.1) is 0 Å². The fourth-order valence-electron chi connectivity index (χ4n) is 1.09. The number of nitrogens with zero attached hydrogens (tertiary/aromatic N) is 1. The van der Waals surface area contributed by atoms with Crippen LogP contribution >= 0.6 is 0 Å². The average Bonchev–Trinajstić information content (AvgIpc) is 1.75. The third kappa shape index (κ3) is 2.72. The predicted molar refractivity (Wildman–Crippen MR) is 51.6 cm³/mol. The SMILES string of the molecule is CC(F)=C1CN(C(=O)OC(C)(C)C)C1. The Labute approximate surface area is 83.5 Å². The Morgan fingerprint density at radius 2 is 1.93 bits per heavy atom. The number of hydrogen-bond acceptors (Lipinski definition) is 2. The molecule has 14 heavy (non-hydrogen) atoms. The van der Waals surface area contributed by atoms with E-state index in [-0.39, 0.29) is 11.9 Å². The quantitative estimate of drug-likeness (QED) is 0.602. The normalized spacial score (nSPS) is 16.4. The highest BCUT2D eigenvalue weighted by Crippen LogP contribution is 2.21. The molecule has 3 nitrogen and oxygen atoms in total. The lowest BCUT2D eigenvalue weighted by molar-refractivity contribution is 0.0210. The number of ether oxygens (including phenoxy) is 1. The maximum absolute atomic E-state index is 12.6.